The van der Waals surface area contributed by atoms with Crippen LogP contribution in [-0.2, 0) is 16.1 Å². The molecule has 0 unspecified atom stereocenters. The number of halogens is 1. The molecule has 0 aliphatic heterocycles. The van der Waals surface area contributed by atoms with Crippen LogP contribution in [0.4, 0.5) is 4.39 Å². The lowest BCUT2D eigenvalue weighted by Gasteiger charge is -2.30. The zero-order valence-electron chi connectivity index (χ0n) is 16.6. The molecule has 2 amide bonds. The predicted octanol–water partition coefficient (Wildman–Crippen LogP) is 3.46. The first-order valence-electron chi connectivity index (χ1n) is 9.45. The molecular formula is C22H27FN2O3. The highest BCUT2D eigenvalue weighted by atomic mass is 19.1. The average molecular weight is 386 g/mol. The minimum absolute atomic E-state index is 0.187. The van der Waals surface area contributed by atoms with Gasteiger partial charge in [0.25, 0.3) is 5.91 Å². The Labute approximate surface area is 165 Å². The van der Waals surface area contributed by atoms with Gasteiger partial charge in [0.05, 0.1) is 0 Å². The van der Waals surface area contributed by atoms with Crippen molar-refractivity contribution in [3.8, 4) is 5.75 Å². The third kappa shape index (κ3) is 6.08. The molecule has 0 aliphatic rings. The highest BCUT2D eigenvalue weighted by Crippen LogP contribution is 2.15. The lowest BCUT2D eigenvalue weighted by molar-refractivity contribution is -0.142. The van der Waals surface area contributed by atoms with Crippen LogP contribution < -0.4 is 10.1 Å². The molecule has 0 saturated heterocycles. The number of carbonyl (C=O) groups is 2. The molecular weight excluding hydrogens is 359 g/mol. The van der Waals surface area contributed by atoms with Crippen LogP contribution in [0.25, 0.3) is 0 Å². The van der Waals surface area contributed by atoms with E-state index in [1.165, 1.54) is 24.3 Å². The van der Waals surface area contributed by atoms with E-state index >= 15 is 0 Å². The Morgan fingerprint density at radius 2 is 1.86 bits per heavy atom. The van der Waals surface area contributed by atoms with Crippen LogP contribution in [-0.4, -0.2) is 35.9 Å². The van der Waals surface area contributed by atoms with Gasteiger partial charge in [-0.3, -0.25) is 9.59 Å². The molecule has 0 aromatic heterocycles. The van der Waals surface area contributed by atoms with Gasteiger partial charge in [-0.1, -0.05) is 36.8 Å². The van der Waals surface area contributed by atoms with Crippen LogP contribution in [0.5, 0.6) is 5.75 Å². The quantitative estimate of drug-likeness (QED) is 0.718. The lowest BCUT2D eigenvalue weighted by Crippen LogP contribution is -2.50. The molecule has 150 valence electrons. The maximum Gasteiger partial charge on any atom is 0.261 e. The van der Waals surface area contributed by atoms with Gasteiger partial charge in [0.1, 0.15) is 17.6 Å². The van der Waals surface area contributed by atoms with E-state index < -0.39 is 6.04 Å². The summed E-state index contributed by atoms with van der Waals surface area (Å²) in [5, 5.41) is 2.79. The molecule has 0 aliphatic carbocycles. The van der Waals surface area contributed by atoms with Gasteiger partial charge in [-0.25, -0.2) is 4.39 Å². The molecule has 28 heavy (non-hydrogen) atoms. The van der Waals surface area contributed by atoms with Crippen LogP contribution in [0.1, 0.15) is 31.4 Å². The zero-order valence-corrected chi connectivity index (χ0v) is 16.6. The van der Waals surface area contributed by atoms with E-state index in [-0.39, 0.29) is 24.2 Å². The third-order valence-corrected chi connectivity index (χ3v) is 4.35. The van der Waals surface area contributed by atoms with Crippen molar-refractivity contribution in [3.63, 3.8) is 0 Å². The highest BCUT2D eigenvalue weighted by molar-refractivity contribution is 5.88. The first-order chi connectivity index (χ1) is 13.4. The van der Waals surface area contributed by atoms with Crippen LogP contribution in [0.15, 0.2) is 48.5 Å². The van der Waals surface area contributed by atoms with E-state index in [0.717, 1.165) is 11.1 Å². The van der Waals surface area contributed by atoms with Crippen molar-refractivity contribution in [1.82, 2.24) is 10.2 Å². The minimum atomic E-state index is -0.593. The number of rotatable bonds is 9. The van der Waals surface area contributed by atoms with E-state index in [1.54, 1.807) is 4.90 Å². The van der Waals surface area contributed by atoms with Crippen LogP contribution >= 0.6 is 0 Å². The molecule has 2 aromatic carbocycles. The topological polar surface area (TPSA) is 58.6 Å². The molecule has 0 bridgehead atoms. The zero-order chi connectivity index (χ0) is 20.5. The normalized spacial score (nSPS) is 11.6. The summed E-state index contributed by atoms with van der Waals surface area (Å²) in [5.41, 5.74) is 2.02. The number of aryl methyl sites for hydroxylation is 1. The molecule has 1 N–H and O–H groups in total. The fourth-order valence-corrected chi connectivity index (χ4v) is 2.98. The molecule has 0 spiro atoms. The second-order valence-electron chi connectivity index (χ2n) is 6.57. The molecule has 5 nitrogen and oxygen atoms in total. The van der Waals surface area contributed by atoms with Crippen LogP contribution in [0.2, 0.25) is 0 Å². The molecule has 0 saturated carbocycles. The number of benzene rings is 2. The minimum Gasteiger partial charge on any atom is -0.484 e. The Kier molecular flexibility index (Phi) is 7.99. The van der Waals surface area contributed by atoms with E-state index in [9.17, 15) is 14.0 Å². The lowest BCUT2D eigenvalue weighted by atomic mass is 10.1. The highest BCUT2D eigenvalue weighted by Gasteiger charge is 2.28. The number of nitrogens with one attached hydrogen (secondary N) is 1. The smallest absolute Gasteiger partial charge is 0.261 e. The van der Waals surface area contributed by atoms with Crippen LogP contribution in [0, 0.1) is 12.7 Å². The van der Waals surface area contributed by atoms with Crippen molar-refractivity contribution in [2.45, 2.75) is 39.8 Å². The summed E-state index contributed by atoms with van der Waals surface area (Å²) in [5.74, 6) is -0.463. The first kappa shape index (κ1) is 21.4. The molecule has 0 fully saturated rings. The van der Waals surface area contributed by atoms with Gasteiger partial charge in [-0.2, -0.15) is 0 Å². The molecule has 0 heterocycles. The first-order valence-corrected chi connectivity index (χ1v) is 9.45. The fourth-order valence-electron chi connectivity index (χ4n) is 2.98. The third-order valence-electron chi connectivity index (χ3n) is 4.35. The second kappa shape index (κ2) is 10.4. The van der Waals surface area contributed by atoms with E-state index in [2.05, 4.69) is 5.32 Å². The van der Waals surface area contributed by atoms with Crippen molar-refractivity contribution >= 4 is 11.8 Å². The van der Waals surface area contributed by atoms with Crippen molar-refractivity contribution in [2.75, 3.05) is 13.2 Å². The summed E-state index contributed by atoms with van der Waals surface area (Å²) >= 11 is 0. The number of nitrogens with zero attached hydrogens (tertiary/aromatic N) is 1. The Morgan fingerprint density at radius 3 is 2.46 bits per heavy atom. The summed E-state index contributed by atoms with van der Waals surface area (Å²) in [7, 11) is 0. The summed E-state index contributed by atoms with van der Waals surface area (Å²) in [6.07, 6.45) is 0.486. The van der Waals surface area contributed by atoms with Crippen molar-refractivity contribution < 1.29 is 18.7 Å². The average Bonchev–Trinajstić information content (AvgIpc) is 2.67. The Balaban J connectivity index is 2.18. The van der Waals surface area contributed by atoms with Crippen molar-refractivity contribution in [3.05, 3.63) is 65.5 Å². The molecule has 2 rings (SSSR count). The van der Waals surface area contributed by atoms with E-state index in [0.29, 0.717) is 25.3 Å². The van der Waals surface area contributed by atoms with E-state index in [1.807, 2.05) is 45.0 Å². The predicted molar refractivity (Wildman–Crippen MR) is 106 cm³/mol. The largest absolute Gasteiger partial charge is 0.484 e. The van der Waals surface area contributed by atoms with Crippen LogP contribution in [0.3, 0.4) is 0 Å². The van der Waals surface area contributed by atoms with Gasteiger partial charge >= 0.3 is 0 Å². The maximum atomic E-state index is 13.0. The number of hydrogen-bond donors (Lipinski definition) is 1. The summed E-state index contributed by atoms with van der Waals surface area (Å²) in [6, 6.07) is 12.7. The van der Waals surface area contributed by atoms with E-state index in [4.69, 9.17) is 4.74 Å². The second-order valence-corrected chi connectivity index (χ2v) is 6.57. The molecule has 6 heteroatoms. The Morgan fingerprint density at radius 1 is 1.14 bits per heavy atom. The summed E-state index contributed by atoms with van der Waals surface area (Å²) < 4.78 is 18.5. The van der Waals surface area contributed by atoms with Crippen molar-refractivity contribution in [2.24, 2.45) is 0 Å². The molecule has 0 radical (unpaired) electrons. The fraction of sp³-hybridized carbons (Fsp3) is 0.364. The summed E-state index contributed by atoms with van der Waals surface area (Å²) in [4.78, 5) is 27.0. The monoisotopic (exact) mass is 386 g/mol. The van der Waals surface area contributed by atoms with Gasteiger partial charge in [-0.15, -0.1) is 0 Å². The van der Waals surface area contributed by atoms with Gasteiger partial charge in [0.15, 0.2) is 6.61 Å². The summed E-state index contributed by atoms with van der Waals surface area (Å²) in [6.45, 7) is 6.27. The number of amides is 2. The number of ether oxygens (including phenoxy) is 1. The van der Waals surface area contributed by atoms with Gasteiger partial charge in [0, 0.05) is 13.1 Å². The van der Waals surface area contributed by atoms with Crippen molar-refractivity contribution in [1.29, 1.82) is 0 Å². The number of likely N-dealkylation sites (N-methyl/N-ethyl adjacent to an activating group) is 1. The SMILES string of the molecule is CCNC(=O)[C@H](CC)N(Cc1cccc(C)c1)C(=O)COc1ccc(F)cc1. The Bertz CT molecular complexity index is 793. The van der Waals surface area contributed by atoms with Gasteiger partial charge < -0.3 is 15.0 Å². The maximum absolute atomic E-state index is 13.0. The number of carbonyl (C=O) groups excluding carboxylic acids is 2. The molecule has 2 aromatic rings. The standard InChI is InChI=1S/C22H27FN2O3/c1-4-20(22(27)24-5-2)25(14-17-8-6-7-16(3)13-17)21(26)15-28-19-11-9-18(23)10-12-19/h6-13,20H,4-5,14-15H2,1-3H3,(H,24,27)/t20-/m0/s1. The van der Waals surface area contributed by atoms with Gasteiger partial charge in [-0.05, 0) is 50.1 Å². The van der Waals surface area contributed by atoms with Gasteiger partial charge in [0.2, 0.25) is 5.91 Å². The number of hydrogen-bond acceptors (Lipinski definition) is 3. The Hall–Kier alpha value is -2.89. The molecule has 1 atom stereocenters.